The van der Waals surface area contributed by atoms with Crippen molar-refractivity contribution in [3.8, 4) is 23.0 Å². The van der Waals surface area contributed by atoms with Crippen LogP contribution in [0.4, 0.5) is 45.2 Å². The van der Waals surface area contributed by atoms with Crippen molar-refractivity contribution >= 4 is 23.3 Å². The first-order valence-electron chi connectivity index (χ1n) is 15.0. The molecule has 4 aromatic carbocycles. The third kappa shape index (κ3) is 7.95. The minimum atomic E-state index is -6.29. The van der Waals surface area contributed by atoms with Crippen molar-refractivity contribution in [1.82, 2.24) is 0 Å². The van der Waals surface area contributed by atoms with Gasteiger partial charge in [-0.15, -0.1) is 8.78 Å². The zero-order chi connectivity index (χ0) is 39.1. The number of halogens is 9. The Bertz CT molecular complexity index is 2060. The average Bonchev–Trinajstić information content (AvgIpc) is 3.66. The number of Topliss-reactive ketones (excluding diaryl/α,β-unsaturated/α-hetero) is 1. The number of fused-ring (bicyclic) bond motifs is 2. The number of alkyl halides is 9. The Balaban J connectivity index is 0.000000378. The molecule has 0 aliphatic carbocycles. The fourth-order valence-corrected chi connectivity index (χ4v) is 5.30. The number of carbonyl (C=O) groups excluding carboxylic acids is 2. The number of ether oxygens (including phenoxy) is 4. The standard InChI is InChI=1S/C27H18F9NO4.C8H6O4/c1-13-8-18(24(28,25(29,30)31)26(32,33)34)9-14(2)22(13)37-23(39)17-5-3-4-15(10-17)11-19(38)16-6-7-20-21(12-16)41-27(35,36)40-20;9-8(10)5-1-2-6-7(3-5)12-4-11-6/h3-10,12H,11H2,1-2H3,(H,37,39);1-3H,4H2,(H,9,10). The first kappa shape index (κ1) is 38.3. The van der Waals surface area contributed by atoms with Crippen LogP contribution in [0.3, 0.4) is 0 Å². The fourth-order valence-electron chi connectivity index (χ4n) is 5.30. The van der Waals surface area contributed by atoms with Crippen molar-refractivity contribution in [3.63, 3.8) is 0 Å². The van der Waals surface area contributed by atoms with Crippen LogP contribution in [-0.4, -0.2) is 48.2 Å². The molecule has 0 fully saturated rings. The van der Waals surface area contributed by atoms with E-state index in [4.69, 9.17) is 14.6 Å². The van der Waals surface area contributed by atoms with E-state index in [1.54, 1.807) is 6.07 Å². The summed E-state index contributed by atoms with van der Waals surface area (Å²) in [7, 11) is 0. The summed E-state index contributed by atoms with van der Waals surface area (Å²) in [5, 5.41) is 11.0. The van der Waals surface area contributed by atoms with Crippen molar-refractivity contribution in [1.29, 1.82) is 0 Å². The van der Waals surface area contributed by atoms with Gasteiger partial charge in [0, 0.05) is 28.8 Å². The SMILES string of the molecule is Cc1cc(C(F)(C(F)(F)F)C(F)(F)F)cc(C)c1NC(=O)c1cccc(CC(=O)c2ccc3c(c2)OC(F)(F)O3)c1.O=C(O)c1ccc2c(c1)OCO2. The summed E-state index contributed by atoms with van der Waals surface area (Å²) in [6.45, 7) is 2.38. The lowest BCUT2D eigenvalue weighted by Gasteiger charge is -2.31. The summed E-state index contributed by atoms with van der Waals surface area (Å²) < 4.78 is 139. The molecular weight excluding hydrogens is 733 g/mol. The largest absolute Gasteiger partial charge is 0.586 e. The summed E-state index contributed by atoms with van der Waals surface area (Å²) >= 11 is 0. The molecule has 2 aliphatic rings. The number of aryl methyl sites for hydroxylation is 2. The second-order valence-electron chi connectivity index (χ2n) is 11.6. The molecule has 0 aromatic heterocycles. The zero-order valence-electron chi connectivity index (χ0n) is 27.0. The Hall–Kier alpha value is -5.94. The summed E-state index contributed by atoms with van der Waals surface area (Å²) in [6, 6.07) is 14.3. The molecule has 0 spiro atoms. The van der Waals surface area contributed by atoms with Gasteiger partial charge < -0.3 is 29.4 Å². The van der Waals surface area contributed by atoms with E-state index in [1.807, 2.05) is 0 Å². The molecule has 0 saturated carbocycles. The van der Waals surface area contributed by atoms with Crippen LogP contribution < -0.4 is 24.3 Å². The fraction of sp³-hybridized carbons (Fsp3) is 0.229. The molecule has 0 radical (unpaired) electrons. The molecule has 6 rings (SSSR count). The second kappa shape index (κ2) is 13.9. The quantitative estimate of drug-likeness (QED) is 0.142. The van der Waals surface area contributed by atoms with Gasteiger partial charge in [-0.05, 0) is 79.1 Å². The van der Waals surface area contributed by atoms with Crippen LogP contribution in [0.15, 0.2) is 72.8 Å². The van der Waals surface area contributed by atoms with Crippen LogP contribution in [0.5, 0.6) is 23.0 Å². The van der Waals surface area contributed by atoms with Gasteiger partial charge in [-0.2, -0.15) is 26.3 Å². The molecule has 2 heterocycles. The maximum Gasteiger partial charge on any atom is 0.586 e. The number of hydrogen-bond acceptors (Lipinski definition) is 7. The Morgan fingerprint density at radius 1 is 0.717 bits per heavy atom. The van der Waals surface area contributed by atoms with Crippen molar-refractivity contribution in [3.05, 3.63) is 112 Å². The second-order valence-corrected chi connectivity index (χ2v) is 11.6. The highest BCUT2D eigenvalue weighted by Crippen LogP contribution is 2.54. The first-order chi connectivity index (χ1) is 24.6. The summed E-state index contributed by atoms with van der Waals surface area (Å²) in [6.07, 6.45) is -16.7. The number of benzene rings is 4. The molecule has 18 heteroatoms. The third-order valence-corrected chi connectivity index (χ3v) is 7.85. The molecule has 53 heavy (non-hydrogen) atoms. The maximum atomic E-state index is 14.5. The number of carboxylic acid groups (broad SMARTS) is 1. The number of carboxylic acids is 1. The van der Waals surface area contributed by atoms with Crippen molar-refractivity contribution < 1.29 is 78.0 Å². The van der Waals surface area contributed by atoms with Crippen molar-refractivity contribution in [2.75, 3.05) is 12.1 Å². The highest BCUT2D eigenvalue weighted by molar-refractivity contribution is 6.05. The molecule has 280 valence electrons. The number of amides is 1. The molecule has 2 aliphatic heterocycles. The van der Waals surface area contributed by atoms with Gasteiger partial charge in [-0.3, -0.25) is 9.59 Å². The molecule has 1 amide bonds. The molecule has 9 nitrogen and oxygen atoms in total. The molecule has 0 bridgehead atoms. The van der Waals surface area contributed by atoms with E-state index < -0.39 is 47.5 Å². The maximum absolute atomic E-state index is 14.5. The lowest BCUT2D eigenvalue weighted by atomic mass is 9.90. The van der Waals surface area contributed by atoms with Crippen LogP contribution in [0.1, 0.15) is 53.3 Å². The van der Waals surface area contributed by atoms with Crippen LogP contribution >= 0.6 is 0 Å². The molecule has 0 saturated heterocycles. The van der Waals surface area contributed by atoms with Gasteiger partial charge in [0.15, 0.2) is 28.8 Å². The van der Waals surface area contributed by atoms with Crippen molar-refractivity contribution in [2.24, 2.45) is 0 Å². The molecule has 4 aromatic rings. The smallest absolute Gasteiger partial charge is 0.478 e. The number of rotatable bonds is 7. The van der Waals surface area contributed by atoms with Gasteiger partial charge in [0.1, 0.15) is 0 Å². The zero-order valence-corrected chi connectivity index (χ0v) is 27.0. The number of carbonyl (C=O) groups is 3. The summed E-state index contributed by atoms with van der Waals surface area (Å²) in [5.41, 5.74) is -7.43. The Kier molecular flexibility index (Phi) is 10.0. The van der Waals surface area contributed by atoms with E-state index in [-0.39, 0.29) is 58.2 Å². The predicted octanol–water partition coefficient (Wildman–Crippen LogP) is 8.71. The lowest BCUT2D eigenvalue weighted by molar-refractivity contribution is -0.348. The Labute approximate surface area is 292 Å². The van der Waals surface area contributed by atoms with Gasteiger partial charge in [-0.1, -0.05) is 24.3 Å². The lowest BCUT2D eigenvalue weighted by Crippen LogP contribution is -2.50. The van der Waals surface area contributed by atoms with Crippen molar-refractivity contribution in [2.45, 2.75) is 44.6 Å². The first-order valence-corrected chi connectivity index (χ1v) is 15.0. The average molecular weight is 758 g/mol. The topological polar surface area (TPSA) is 120 Å². The van der Waals surface area contributed by atoms with Gasteiger partial charge in [0.2, 0.25) is 6.79 Å². The molecule has 0 atom stereocenters. The van der Waals surface area contributed by atoms with E-state index in [2.05, 4.69) is 14.8 Å². The van der Waals surface area contributed by atoms with Gasteiger partial charge in [0.25, 0.3) is 5.91 Å². The monoisotopic (exact) mass is 757 g/mol. The van der Waals surface area contributed by atoms with Gasteiger partial charge in [0.05, 0.1) is 5.56 Å². The van der Waals surface area contributed by atoms with Crippen LogP contribution in [0, 0.1) is 13.8 Å². The normalized spacial score (nSPS) is 14.2. The number of hydrogen-bond donors (Lipinski definition) is 2. The summed E-state index contributed by atoms with van der Waals surface area (Å²) in [4.78, 5) is 36.1. The minimum absolute atomic E-state index is 0.0195. The Morgan fingerprint density at radius 2 is 1.28 bits per heavy atom. The van der Waals surface area contributed by atoms with E-state index in [0.29, 0.717) is 29.2 Å². The van der Waals surface area contributed by atoms with E-state index in [9.17, 15) is 53.9 Å². The highest BCUT2D eigenvalue weighted by Gasteiger charge is 2.73. The summed E-state index contributed by atoms with van der Waals surface area (Å²) in [5.74, 6) is -1.79. The van der Waals surface area contributed by atoms with Gasteiger partial charge in [-0.25, -0.2) is 9.18 Å². The minimum Gasteiger partial charge on any atom is -0.478 e. The number of nitrogens with one attached hydrogen (secondary N) is 1. The third-order valence-electron chi connectivity index (χ3n) is 7.85. The van der Waals surface area contributed by atoms with Gasteiger partial charge >= 0.3 is 30.3 Å². The highest BCUT2D eigenvalue weighted by atomic mass is 19.4. The van der Waals surface area contributed by atoms with E-state index >= 15 is 0 Å². The molecular formula is C35H24F9NO8. The number of aromatic carboxylic acids is 1. The van der Waals surface area contributed by atoms with Crippen LogP contribution in [0.2, 0.25) is 0 Å². The van der Waals surface area contributed by atoms with Crippen LogP contribution in [0.25, 0.3) is 0 Å². The van der Waals surface area contributed by atoms with Crippen LogP contribution in [-0.2, 0) is 12.1 Å². The number of anilines is 1. The van der Waals surface area contributed by atoms with E-state index in [1.165, 1.54) is 42.5 Å². The van der Waals surface area contributed by atoms with E-state index in [0.717, 1.165) is 26.0 Å². The Morgan fingerprint density at radius 3 is 1.91 bits per heavy atom. The number of ketones is 1. The molecule has 0 unspecified atom stereocenters. The predicted molar refractivity (Wildman–Crippen MR) is 165 cm³/mol. The molecule has 2 N–H and O–H groups in total.